The molecule has 1 aliphatic heterocycles. The van der Waals surface area contributed by atoms with Gasteiger partial charge in [0.05, 0.1) is 6.04 Å². The fraction of sp³-hybridized carbons (Fsp3) is 0.481. The Morgan fingerprint density at radius 2 is 1.76 bits per heavy atom. The standard InChI is InChI=1S/C27H39N9O6/c28-17(9-10-22(29)37)23(38)34-19(7-3-11-32-27(30)31)24(39)35-20(25(40)36-12-4-8-21(36)26(41)42)13-15-14-33-18-6-2-1-5-16(15)18/h1-2,5-6,14,17,19-21,33H,3-4,7-13,28H2,(H2,29,37)(H,34,38)(H,35,39)(H,41,42)(H4,30,31,32). The maximum Gasteiger partial charge on any atom is 0.326 e. The largest absolute Gasteiger partial charge is 0.480 e. The normalized spacial score (nSPS) is 16.8. The quantitative estimate of drug-likeness (QED) is 0.0678. The molecular formula is C27H39N9O6. The zero-order valence-corrected chi connectivity index (χ0v) is 23.3. The zero-order valence-electron chi connectivity index (χ0n) is 23.3. The van der Waals surface area contributed by atoms with E-state index in [0.717, 1.165) is 16.5 Å². The molecule has 0 bridgehead atoms. The van der Waals surface area contributed by atoms with Gasteiger partial charge in [-0.25, -0.2) is 4.79 Å². The summed E-state index contributed by atoms with van der Waals surface area (Å²) >= 11 is 0. The van der Waals surface area contributed by atoms with Crippen molar-refractivity contribution in [2.75, 3.05) is 13.1 Å². The number of para-hydroxylation sites is 1. The average Bonchev–Trinajstić information content (AvgIpc) is 3.60. The van der Waals surface area contributed by atoms with E-state index in [1.165, 1.54) is 4.90 Å². The number of carboxylic acid groups (broad SMARTS) is 1. The van der Waals surface area contributed by atoms with Gasteiger partial charge in [-0.05, 0) is 43.7 Å². The molecule has 12 N–H and O–H groups in total. The summed E-state index contributed by atoms with van der Waals surface area (Å²) in [4.78, 5) is 71.4. The summed E-state index contributed by atoms with van der Waals surface area (Å²) in [6.45, 7) is 0.422. The number of benzene rings is 1. The number of carbonyl (C=O) groups excluding carboxylic acids is 4. The maximum atomic E-state index is 13.7. The summed E-state index contributed by atoms with van der Waals surface area (Å²) in [5, 5.41) is 15.9. The van der Waals surface area contributed by atoms with Crippen molar-refractivity contribution in [3.63, 3.8) is 0 Å². The van der Waals surface area contributed by atoms with Crippen molar-refractivity contribution < 1.29 is 29.1 Å². The van der Waals surface area contributed by atoms with Gasteiger partial charge in [-0.15, -0.1) is 0 Å². The van der Waals surface area contributed by atoms with Gasteiger partial charge in [0, 0.05) is 43.0 Å². The molecule has 1 aromatic carbocycles. The van der Waals surface area contributed by atoms with Gasteiger partial charge in [0.15, 0.2) is 5.96 Å². The monoisotopic (exact) mass is 585 g/mol. The van der Waals surface area contributed by atoms with Crippen molar-refractivity contribution >= 4 is 46.5 Å². The van der Waals surface area contributed by atoms with Gasteiger partial charge >= 0.3 is 5.97 Å². The zero-order chi connectivity index (χ0) is 30.8. The third kappa shape index (κ3) is 8.67. The van der Waals surface area contributed by atoms with Crippen molar-refractivity contribution in [3.05, 3.63) is 36.0 Å². The minimum Gasteiger partial charge on any atom is -0.480 e. The second-order valence-corrected chi connectivity index (χ2v) is 10.3. The van der Waals surface area contributed by atoms with Crippen LogP contribution in [0.2, 0.25) is 0 Å². The molecule has 0 aliphatic carbocycles. The number of fused-ring (bicyclic) bond motifs is 1. The van der Waals surface area contributed by atoms with E-state index in [2.05, 4.69) is 20.6 Å². The average molecular weight is 586 g/mol. The minimum atomic E-state index is -1.13. The lowest BCUT2D eigenvalue weighted by molar-refractivity contribution is -0.149. The summed E-state index contributed by atoms with van der Waals surface area (Å²) in [5.74, 6) is -3.75. The number of primary amides is 1. The number of hydrogen-bond acceptors (Lipinski definition) is 7. The Kier molecular flexibility index (Phi) is 11.2. The highest BCUT2D eigenvalue weighted by molar-refractivity contribution is 5.95. The van der Waals surface area contributed by atoms with Crippen molar-refractivity contribution in [2.24, 2.45) is 27.9 Å². The lowest BCUT2D eigenvalue weighted by atomic mass is 10.0. The first-order chi connectivity index (χ1) is 20.0. The Balaban J connectivity index is 1.85. The molecule has 42 heavy (non-hydrogen) atoms. The van der Waals surface area contributed by atoms with E-state index in [0.29, 0.717) is 19.3 Å². The molecule has 0 saturated carbocycles. The van der Waals surface area contributed by atoms with Crippen LogP contribution in [0.3, 0.4) is 0 Å². The van der Waals surface area contributed by atoms with Crippen molar-refractivity contribution in [1.82, 2.24) is 20.5 Å². The molecule has 2 aromatic rings. The summed E-state index contributed by atoms with van der Waals surface area (Å²) in [7, 11) is 0. The van der Waals surface area contributed by atoms with E-state index in [1.807, 2.05) is 24.3 Å². The number of amides is 4. The van der Waals surface area contributed by atoms with Crippen LogP contribution in [0.15, 0.2) is 35.5 Å². The van der Waals surface area contributed by atoms with Crippen LogP contribution in [0.25, 0.3) is 10.9 Å². The summed E-state index contributed by atoms with van der Waals surface area (Å²) < 4.78 is 0. The van der Waals surface area contributed by atoms with E-state index < -0.39 is 53.8 Å². The third-order valence-electron chi connectivity index (χ3n) is 7.15. The number of carbonyl (C=O) groups is 5. The second kappa shape index (κ2) is 14.8. The Hall–Kier alpha value is -4.66. The molecule has 228 valence electrons. The predicted octanol–water partition coefficient (Wildman–Crippen LogP) is -1.60. The molecule has 3 rings (SSSR count). The molecule has 1 saturated heterocycles. The van der Waals surface area contributed by atoms with Crippen LogP contribution >= 0.6 is 0 Å². The Morgan fingerprint density at radius 1 is 1.05 bits per heavy atom. The number of aromatic nitrogens is 1. The number of aliphatic carboxylic acids is 1. The highest BCUT2D eigenvalue weighted by atomic mass is 16.4. The Labute approximate surface area is 242 Å². The number of aliphatic imine (C=N–C) groups is 1. The van der Waals surface area contributed by atoms with E-state index in [9.17, 15) is 29.1 Å². The van der Waals surface area contributed by atoms with Crippen LogP contribution in [-0.4, -0.2) is 87.8 Å². The number of nitrogens with two attached hydrogens (primary N) is 4. The first-order valence-corrected chi connectivity index (χ1v) is 13.8. The van der Waals surface area contributed by atoms with Crippen LogP contribution in [0.1, 0.15) is 44.1 Å². The maximum absolute atomic E-state index is 13.7. The van der Waals surface area contributed by atoms with Crippen molar-refractivity contribution in [2.45, 2.75) is 69.1 Å². The summed E-state index contributed by atoms with van der Waals surface area (Å²) in [6.07, 6.45) is 2.92. The highest BCUT2D eigenvalue weighted by Gasteiger charge is 2.38. The highest BCUT2D eigenvalue weighted by Crippen LogP contribution is 2.23. The van der Waals surface area contributed by atoms with E-state index >= 15 is 0 Å². The van der Waals surface area contributed by atoms with Crippen LogP contribution < -0.4 is 33.6 Å². The second-order valence-electron chi connectivity index (χ2n) is 10.3. The van der Waals surface area contributed by atoms with Crippen LogP contribution in [0.4, 0.5) is 0 Å². The van der Waals surface area contributed by atoms with Crippen LogP contribution in [0.5, 0.6) is 0 Å². The number of nitrogens with one attached hydrogen (secondary N) is 3. The van der Waals surface area contributed by atoms with Crippen molar-refractivity contribution in [1.29, 1.82) is 0 Å². The van der Waals surface area contributed by atoms with E-state index in [4.69, 9.17) is 22.9 Å². The fourth-order valence-electron chi connectivity index (χ4n) is 4.96. The summed E-state index contributed by atoms with van der Waals surface area (Å²) in [5.41, 5.74) is 23.4. The number of hydrogen-bond donors (Lipinski definition) is 8. The molecule has 4 amide bonds. The van der Waals surface area contributed by atoms with E-state index in [-0.39, 0.29) is 44.7 Å². The van der Waals surface area contributed by atoms with Gasteiger partial charge in [0.2, 0.25) is 23.6 Å². The number of nitrogens with zero attached hydrogens (tertiary/aromatic N) is 2. The first-order valence-electron chi connectivity index (χ1n) is 13.8. The molecule has 1 fully saturated rings. The van der Waals surface area contributed by atoms with Gasteiger partial charge < -0.3 is 48.6 Å². The molecule has 0 spiro atoms. The number of aromatic amines is 1. The molecule has 2 heterocycles. The topological polar surface area (TPSA) is 265 Å². The molecule has 4 unspecified atom stereocenters. The number of likely N-dealkylation sites (tertiary alicyclic amines) is 1. The molecule has 15 heteroatoms. The number of rotatable bonds is 15. The lowest BCUT2D eigenvalue weighted by Gasteiger charge is -2.29. The number of carboxylic acids is 1. The Morgan fingerprint density at radius 3 is 2.45 bits per heavy atom. The predicted molar refractivity (Wildman–Crippen MR) is 155 cm³/mol. The number of guanidine groups is 1. The molecule has 15 nitrogen and oxygen atoms in total. The van der Waals surface area contributed by atoms with Crippen LogP contribution in [0, 0.1) is 0 Å². The van der Waals surface area contributed by atoms with Crippen LogP contribution in [-0.2, 0) is 30.4 Å². The third-order valence-corrected chi connectivity index (χ3v) is 7.15. The summed E-state index contributed by atoms with van der Waals surface area (Å²) in [6, 6.07) is 3.10. The molecular weight excluding hydrogens is 546 g/mol. The molecule has 0 radical (unpaired) electrons. The molecule has 1 aliphatic rings. The van der Waals surface area contributed by atoms with Gasteiger partial charge in [-0.2, -0.15) is 0 Å². The molecule has 4 atom stereocenters. The fourth-order valence-corrected chi connectivity index (χ4v) is 4.96. The first kappa shape index (κ1) is 31.9. The minimum absolute atomic E-state index is 0.0171. The van der Waals surface area contributed by atoms with E-state index in [1.54, 1.807) is 6.20 Å². The SMILES string of the molecule is NC(=O)CCC(N)C(=O)NC(CCCN=C(N)N)C(=O)NC(Cc1c[nH]c2ccccc12)C(=O)N1CCCC1C(=O)O. The van der Waals surface area contributed by atoms with Gasteiger partial charge in [0.25, 0.3) is 0 Å². The number of H-pyrrole nitrogens is 1. The van der Waals surface area contributed by atoms with Gasteiger partial charge in [-0.3, -0.25) is 24.2 Å². The smallest absolute Gasteiger partial charge is 0.326 e. The molecule has 1 aromatic heterocycles. The van der Waals surface area contributed by atoms with Crippen molar-refractivity contribution in [3.8, 4) is 0 Å². The van der Waals surface area contributed by atoms with Gasteiger partial charge in [0.1, 0.15) is 18.1 Å². The lowest BCUT2D eigenvalue weighted by Crippen LogP contribution is -2.57. The Bertz CT molecular complexity index is 1320. The van der Waals surface area contributed by atoms with Gasteiger partial charge in [-0.1, -0.05) is 18.2 Å².